The van der Waals surface area contributed by atoms with Crippen LogP contribution in [0.5, 0.6) is 0 Å². The fourth-order valence-corrected chi connectivity index (χ4v) is 1.26. The van der Waals surface area contributed by atoms with Crippen LogP contribution >= 0.6 is 0 Å². The van der Waals surface area contributed by atoms with Gasteiger partial charge in [0.1, 0.15) is 0 Å². The second-order valence-corrected chi connectivity index (χ2v) is 3.25. The van der Waals surface area contributed by atoms with E-state index in [9.17, 15) is 0 Å². The molecule has 1 aliphatic heterocycles. The van der Waals surface area contributed by atoms with Gasteiger partial charge in [0, 0.05) is 20.3 Å². The summed E-state index contributed by atoms with van der Waals surface area (Å²) in [6.45, 7) is 7.20. The predicted molar refractivity (Wildman–Crippen MR) is 48.9 cm³/mol. The summed E-state index contributed by atoms with van der Waals surface area (Å²) in [7, 11) is 3.25. The molecule has 1 aliphatic rings. The van der Waals surface area contributed by atoms with E-state index in [0.717, 1.165) is 6.04 Å². The van der Waals surface area contributed by atoms with Crippen LogP contribution in [0.4, 0.5) is 0 Å². The highest BCUT2D eigenvalue weighted by Gasteiger charge is 2.13. The molecule has 2 nitrogen and oxygen atoms in total. The second kappa shape index (κ2) is 6.62. The maximum Gasteiger partial charge on any atom is 0.0351 e. The molecule has 2 heteroatoms. The van der Waals surface area contributed by atoms with Crippen molar-refractivity contribution in [2.75, 3.05) is 27.3 Å². The lowest BCUT2D eigenvalue weighted by Gasteiger charge is -2.18. The SMILES string of the molecule is CC(C)N1CCCC1.COC. The van der Waals surface area contributed by atoms with Gasteiger partial charge in [0.25, 0.3) is 0 Å². The van der Waals surface area contributed by atoms with Gasteiger partial charge < -0.3 is 9.64 Å². The van der Waals surface area contributed by atoms with E-state index in [2.05, 4.69) is 23.5 Å². The largest absolute Gasteiger partial charge is 0.388 e. The van der Waals surface area contributed by atoms with Gasteiger partial charge in [-0.25, -0.2) is 0 Å². The molecule has 0 unspecified atom stereocenters. The molecule has 0 aromatic carbocycles. The molecule has 0 bridgehead atoms. The van der Waals surface area contributed by atoms with E-state index in [-0.39, 0.29) is 0 Å². The highest BCUT2D eigenvalue weighted by atomic mass is 16.4. The third-order valence-corrected chi connectivity index (χ3v) is 1.87. The zero-order valence-electron chi connectivity index (χ0n) is 8.26. The Kier molecular flexibility index (Phi) is 6.57. The van der Waals surface area contributed by atoms with E-state index >= 15 is 0 Å². The average Bonchev–Trinajstić information content (AvgIpc) is 2.38. The van der Waals surface area contributed by atoms with Gasteiger partial charge >= 0.3 is 0 Å². The molecular weight excluding hydrogens is 138 g/mol. The summed E-state index contributed by atoms with van der Waals surface area (Å²) in [5.41, 5.74) is 0. The molecule has 68 valence electrons. The van der Waals surface area contributed by atoms with E-state index in [1.54, 1.807) is 14.2 Å². The molecular formula is C9H21NO. The van der Waals surface area contributed by atoms with Gasteiger partial charge in [-0.2, -0.15) is 0 Å². The number of hydrogen-bond donors (Lipinski definition) is 0. The lowest BCUT2D eigenvalue weighted by atomic mass is 10.3. The minimum atomic E-state index is 0.775. The van der Waals surface area contributed by atoms with Crippen LogP contribution in [0, 0.1) is 0 Å². The summed E-state index contributed by atoms with van der Waals surface area (Å²) in [5, 5.41) is 0. The minimum Gasteiger partial charge on any atom is -0.388 e. The maximum absolute atomic E-state index is 4.25. The molecule has 1 heterocycles. The standard InChI is InChI=1S/C7H15N.C2H6O/c1-7(2)8-5-3-4-6-8;1-3-2/h7H,3-6H2,1-2H3;1-2H3. The highest BCUT2D eigenvalue weighted by Crippen LogP contribution is 2.09. The Hall–Kier alpha value is -0.0800. The van der Waals surface area contributed by atoms with Crippen LogP contribution < -0.4 is 0 Å². The van der Waals surface area contributed by atoms with E-state index in [1.165, 1.54) is 25.9 Å². The first-order chi connectivity index (χ1) is 5.22. The number of ether oxygens (including phenoxy) is 1. The lowest BCUT2D eigenvalue weighted by Crippen LogP contribution is -2.26. The molecule has 1 fully saturated rings. The van der Waals surface area contributed by atoms with Crippen molar-refractivity contribution < 1.29 is 4.74 Å². The quantitative estimate of drug-likeness (QED) is 0.578. The van der Waals surface area contributed by atoms with Gasteiger partial charge in [0.2, 0.25) is 0 Å². The average molecular weight is 159 g/mol. The number of nitrogens with zero attached hydrogens (tertiary/aromatic N) is 1. The zero-order valence-corrected chi connectivity index (χ0v) is 8.26. The molecule has 0 aromatic heterocycles. The van der Waals surface area contributed by atoms with E-state index < -0.39 is 0 Å². The molecule has 0 amide bonds. The summed E-state index contributed by atoms with van der Waals surface area (Å²) in [5.74, 6) is 0. The van der Waals surface area contributed by atoms with Crippen molar-refractivity contribution >= 4 is 0 Å². The monoisotopic (exact) mass is 159 g/mol. The van der Waals surface area contributed by atoms with Crippen LogP contribution in [0.3, 0.4) is 0 Å². The Morgan fingerprint density at radius 3 is 1.64 bits per heavy atom. The first-order valence-electron chi connectivity index (χ1n) is 4.36. The molecule has 0 aliphatic carbocycles. The Morgan fingerprint density at radius 1 is 1.09 bits per heavy atom. The van der Waals surface area contributed by atoms with Gasteiger partial charge in [-0.1, -0.05) is 0 Å². The van der Waals surface area contributed by atoms with Gasteiger partial charge in [0.05, 0.1) is 0 Å². The molecule has 11 heavy (non-hydrogen) atoms. The summed E-state index contributed by atoms with van der Waals surface area (Å²) >= 11 is 0. The van der Waals surface area contributed by atoms with Crippen LogP contribution in [0.2, 0.25) is 0 Å². The van der Waals surface area contributed by atoms with Crippen molar-refractivity contribution in [3.05, 3.63) is 0 Å². The molecule has 1 rings (SSSR count). The van der Waals surface area contributed by atoms with Gasteiger partial charge in [-0.3, -0.25) is 0 Å². The number of hydrogen-bond acceptors (Lipinski definition) is 2. The lowest BCUT2D eigenvalue weighted by molar-refractivity contribution is 0.276. The van der Waals surface area contributed by atoms with Crippen LogP contribution in [0.1, 0.15) is 26.7 Å². The summed E-state index contributed by atoms with van der Waals surface area (Å²) in [6, 6.07) is 0.775. The van der Waals surface area contributed by atoms with Gasteiger partial charge in [-0.15, -0.1) is 0 Å². The topological polar surface area (TPSA) is 12.5 Å². The van der Waals surface area contributed by atoms with Crippen LogP contribution in [-0.2, 0) is 4.74 Å². The van der Waals surface area contributed by atoms with E-state index in [0.29, 0.717) is 0 Å². The fraction of sp³-hybridized carbons (Fsp3) is 1.00. The maximum atomic E-state index is 4.25. The zero-order chi connectivity index (χ0) is 8.69. The summed E-state index contributed by atoms with van der Waals surface area (Å²) < 4.78 is 4.25. The molecule has 1 saturated heterocycles. The highest BCUT2D eigenvalue weighted by molar-refractivity contribution is 4.68. The molecule has 0 N–H and O–H groups in total. The second-order valence-electron chi connectivity index (χ2n) is 3.25. The number of rotatable bonds is 1. The first-order valence-corrected chi connectivity index (χ1v) is 4.36. The molecule has 0 saturated carbocycles. The van der Waals surface area contributed by atoms with Crippen molar-refractivity contribution in [1.82, 2.24) is 4.90 Å². The number of likely N-dealkylation sites (tertiary alicyclic amines) is 1. The van der Waals surface area contributed by atoms with Crippen molar-refractivity contribution in [2.24, 2.45) is 0 Å². The minimum absolute atomic E-state index is 0.775. The molecule has 0 atom stereocenters. The summed E-state index contributed by atoms with van der Waals surface area (Å²) in [4.78, 5) is 2.53. The van der Waals surface area contributed by atoms with Crippen molar-refractivity contribution in [3.8, 4) is 0 Å². The normalized spacial score (nSPS) is 18.3. The van der Waals surface area contributed by atoms with Crippen LogP contribution in [0.25, 0.3) is 0 Å². The first kappa shape index (κ1) is 10.9. The van der Waals surface area contributed by atoms with Crippen molar-refractivity contribution in [1.29, 1.82) is 0 Å². The third-order valence-electron chi connectivity index (χ3n) is 1.87. The summed E-state index contributed by atoms with van der Waals surface area (Å²) in [6.07, 6.45) is 2.83. The van der Waals surface area contributed by atoms with E-state index in [4.69, 9.17) is 0 Å². The van der Waals surface area contributed by atoms with Crippen molar-refractivity contribution in [3.63, 3.8) is 0 Å². The Balaban J connectivity index is 0.000000292. The predicted octanol–water partition coefficient (Wildman–Crippen LogP) is 1.75. The smallest absolute Gasteiger partial charge is 0.0351 e. The Labute approximate surface area is 70.5 Å². The van der Waals surface area contributed by atoms with Crippen LogP contribution in [-0.4, -0.2) is 38.3 Å². The van der Waals surface area contributed by atoms with Gasteiger partial charge in [-0.05, 0) is 39.8 Å². The number of methoxy groups -OCH3 is 1. The van der Waals surface area contributed by atoms with Crippen LogP contribution in [0.15, 0.2) is 0 Å². The van der Waals surface area contributed by atoms with Gasteiger partial charge in [0.15, 0.2) is 0 Å². The Bertz CT molecular complexity index is 77.6. The molecule has 0 spiro atoms. The third kappa shape index (κ3) is 5.22. The Morgan fingerprint density at radius 2 is 1.45 bits per heavy atom. The fourth-order valence-electron chi connectivity index (χ4n) is 1.26. The molecule has 0 radical (unpaired) electrons. The van der Waals surface area contributed by atoms with E-state index in [1.807, 2.05) is 0 Å². The molecule has 0 aromatic rings. The van der Waals surface area contributed by atoms with Crippen molar-refractivity contribution in [2.45, 2.75) is 32.7 Å².